The van der Waals surface area contributed by atoms with Gasteiger partial charge in [-0.15, -0.1) is 0 Å². The number of likely N-dealkylation sites (tertiary alicyclic amines) is 1. The summed E-state index contributed by atoms with van der Waals surface area (Å²) in [7, 11) is 3.23. The highest BCUT2D eigenvalue weighted by Crippen LogP contribution is 2.59. The monoisotopic (exact) mass is 587 g/mol. The molecule has 43 heavy (non-hydrogen) atoms. The number of carbonyl (C=O) groups is 3. The van der Waals surface area contributed by atoms with E-state index in [4.69, 9.17) is 14.2 Å². The molecule has 4 aliphatic rings. The molecule has 0 aromatic heterocycles. The zero-order chi connectivity index (χ0) is 30.2. The average molecular weight is 588 g/mol. The summed E-state index contributed by atoms with van der Waals surface area (Å²) in [6.45, 7) is 2.49. The van der Waals surface area contributed by atoms with Gasteiger partial charge in [0.2, 0.25) is 17.7 Å². The molecule has 3 aliphatic heterocycles. The van der Waals surface area contributed by atoms with Crippen molar-refractivity contribution >= 4 is 17.7 Å². The van der Waals surface area contributed by atoms with Gasteiger partial charge in [-0.3, -0.25) is 14.4 Å². The Labute approximate surface area is 252 Å². The molecule has 0 unspecified atom stereocenters. The van der Waals surface area contributed by atoms with Crippen molar-refractivity contribution in [3.63, 3.8) is 0 Å². The average Bonchev–Trinajstić information content (AvgIpc) is 3.60. The number of benzene rings is 2. The van der Waals surface area contributed by atoms with Crippen molar-refractivity contribution in [2.24, 2.45) is 11.8 Å². The Balaban J connectivity index is 1.26. The summed E-state index contributed by atoms with van der Waals surface area (Å²) in [6.07, 6.45) is 9.50. The van der Waals surface area contributed by atoms with Gasteiger partial charge in [0, 0.05) is 19.1 Å². The third-order valence-corrected chi connectivity index (χ3v) is 9.71. The second-order valence-electron chi connectivity index (χ2n) is 12.4. The van der Waals surface area contributed by atoms with E-state index in [1.165, 1.54) is 6.42 Å². The number of rotatable bonds is 10. The van der Waals surface area contributed by atoms with E-state index in [-0.39, 0.29) is 23.8 Å². The Morgan fingerprint density at radius 3 is 2.16 bits per heavy atom. The first-order valence-electron chi connectivity index (χ1n) is 15.3. The van der Waals surface area contributed by atoms with Crippen molar-refractivity contribution in [2.45, 2.75) is 75.3 Å². The van der Waals surface area contributed by atoms with Gasteiger partial charge in [0.05, 0.1) is 31.7 Å². The van der Waals surface area contributed by atoms with Gasteiger partial charge >= 0.3 is 0 Å². The molecule has 3 amide bonds. The summed E-state index contributed by atoms with van der Waals surface area (Å²) in [4.78, 5) is 43.9. The van der Waals surface area contributed by atoms with Gasteiger partial charge in [0.1, 0.15) is 23.1 Å². The molecular weight excluding hydrogens is 546 g/mol. The summed E-state index contributed by atoms with van der Waals surface area (Å²) in [5.41, 5.74) is -0.254. The fraction of sp³-hybridized carbons (Fsp3) is 0.500. The van der Waals surface area contributed by atoms with Crippen LogP contribution in [0.15, 0.2) is 60.7 Å². The predicted molar refractivity (Wildman–Crippen MR) is 160 cm³/mol. The predicted octanol–water partition coefficient (Wildman–Crippen LogP) is 3.55. The maximum atomic E-state index is 14.3. The standard InChI is InChI=1S/C34H41N3O6/c1-33-18-19-34(43-33)28(27(33)30(38)35-21-23-11-15-26(42-3)16-12-23)32(40)37(20-17-22-9-13-25(41-2)14-10-22)29(34)31(39)36-24-7-5-4-6-8-24/h9-16,18-19,24,27-29H,4-8,17,20-21H2,1-3H3,(H,35,38)(H,36,39)/t27-,28-,29-,33+,34-/m0/s1. The molecular formula is C34H41N3O6. The maximum absolute atomic E-state index is 14.3. The van der Waals surface area contributed by atoms with E-state index in [2.05, 4.69) is 10.6 Å². The van der Waals surface area contributed by atoms with Crippen LogP contribution in [0.5, 0.6) is 11.5 Å². The van der Waals surface area contributed by atoms with Crippen molar-refractivity contribution in [1.29, 1.82) is 0 Å². The van der Waals surface area contributed by atoms with E-state index >= 15 is 0 Å². The smallest absolute Gasteiger partial charge is 0.246 e. The summed E-state index contributed by atoms with van der Waals surface area (Å²) >= 11 is 0. The van der Waals surface area contributed by atoms with Crippen molar-refractivity contribution < 1.29 is 28.6 Å². The van der Waals surface area contributed by atoms with Gasteiger partial charge in [-0.1, -0.05) is 55.7 Å². The molecule has 1 saturated carbocycles. The molecule has 6 rings (SSSR count). The molecule has 3 fully saturated rings. The van der Waals surface area contributed by atoms with Gasteiger partial charge in [-0.2, -0.15) is 0 Å². The second kappa shape index (κ2) is 11.7. The zero-order valence-electron chi connectivity index (χ0n) is 25.1. The highest BCUT2D eigenvalue weighted by molar-refractivity contribution is 6.00. The molecule has 0 radical (unpaired) electrons. The summed E-state index contributed by atoms with van der Waals surface area (Å²) in [5.74, 6) is -0.742. The van der Waals surface area contributed by atoms with Crippen LogP contribution in [0.1, 0.15) is 50.2 Å². The van der Waals surface area contributed by atoms with Crippen molar-refractivity contribution in [3.05, 3.63) is 71.8 Å². The van der Waals surface area contributed by atoms with E-state index in [0.29, 0.717) is 19.5 Å². The van der Waals surface area contributed by atoms with E-state index in [0.717, 1.165) is 48.3 Å². The SMILES string of the molecule is COc1ccc(CCN2C(=O)[C@@H]3[C@@H](C(=O)NCc4ccc(OC)cc4)[C@@]4(C)C=C[C@@]3(O4)[C@@H]2C(=O)NC2CCCCC2)cc1. The van der Waals surface area contributed by atoms with E-state index in [1.807, 2.05) is 67.6 Å². The Hall–Kier alpha value is -3.85. The molecule has 2 saturated heterocycles. The molecule has 1 aliphatic carbocycles. The largest absolute Gasteiger partial charge is 0.497 e. The molecule has 2 bridgehead atoms. The van der Waals surface area contributed by atoms with Gasteiger partial charge < -0.3 is 29.7 Å². The number of fused-ring (bicyclic) bond motifs is 1. The number of methoxy groups -OCH3 is 2. The summed E-state index contributed by atoms with van der Waals surface area (Å²) < 4.78 is 17.2. The minimum Gasteiger partial charge on any atom is -0.497 e. The number of hydrogen-bond donors (Lipinski definition) is 2. The molecule has 2 aromatic rings. The van der Waals surface area contributed by atoms with E-state index in [9.17, 15) is 14.4 Å². The first-order chi connectivity index (χ1) is 20.8. The lowest BCUT2D eigenvalue weighted by atomic mass is 9.70. The lowest BCUT2D eigenvalue weighted by Crippen LogP contribution is -2.57. The lowest BCUT2D eigenvalue weighted by Gasteiger charge is -2.34. The van der Waals surface area contributed by atoms with Crippen molar-refractivity contribution in [1.82, 2.24) is 15.5 Å². The topological polar surface area (TPSA) is 106 Å². The third kappa shape index (κ3) is 5.28. The van der Waals surface area contributed by atoms with Crippen LogP contribution < -0.4 is 20.1 Å². The summed E-state index contributed by atoms with van der Waals surface area (Å²) in [6, 6.07) is 14.4. The summed E-state index contributed by atoms with van der Waals surface area (Å²) in [5, 5.41) is 6.29. The first kappa shape index (κ1) is 29.2. The van der Waals surface area contributed by atoms with Crippen molar-refractivity contribution in [3.8, 4) is 11.5 Å². The number of amides is 3. The molecule has 1 spiro atoms. The molecule has 9 nitrogen and oxygen atoms in total. The fourth-order valence-electron chi connectivity index (χ4n) is 7.48. The molecule has 2 N–H and O–H groups in total. The lowest BCUT2D eigenvalue weighted by molar-refractivity contribution is -0.145. The van der Waals surface area contributed by atoms with Crippen molar-refractivity contribution in [2.75, 3.05) is 20.8 Å². The fourth-order valence-corrected chi connectivity index (χ4v) is 7.48. The first-order valence-corrected chi connectivity index (χ1v) is 15.3. The van der Waals surface area contributed by atoms with Crippen LogP contribution in [-0.4, -0.2) is 66.7 Å². The Morgan fingerprint density at radius 2 is 1.53 bits per heavy atom. The van der Waals surface area contributed by atoms with E-state index < -0.39 is 29.1 Å². The normalized spacial score (nSPS) is 29.4. The van der Waals surface area contributed by atoms with Crippen LogP contribution in [0.25, 0.3) is 0 Å². The number of nitrogens with one attached hydrogen (secondary N) is 2. The van der Waals surface area contributed by atoms with Crippen LogP contribution in [0.3, 0.4) is 0 Å². The van der Waals surface area contributed by atoms with Gasteiger partial charge in [-0.05, 0) is 61.6 Å². The Bertz CT molecular complexity index is 1390. The number of nitrogens with zero attached hydrogens (tertiary/aromatic N) is 1. The van der Waals surface area contributed by atoms with Crippen LogP contribution in [0, 0.1) is 11.8 Å². The highest BCUT2D eigenvalue weighted by atomic mass is 16.5. The van der Waals surface area contributed by atoms with Crippen LogP contribution in [0.2, 0.25) is 0 Å². The minimum absolute atomic E-state index is 0.0806. The molecule has 3 heterocycles. The van der Waals surface area contributed by atoms with Crippen LogP contribution in [0.4, 0.5) is 0 Å². The van der Waals surface area contributed by atoms with Gasteiger partial charge in [0.15, 0.2) is 0 Å². The third-order valence-electron chi connectivity index (χ3n) is 9.71. The number of ether oxygens (including phenoxy) is 3. The van der Waals surface area contributed by atoms with Gasteiger partial charge in [-0.25, -0.2) is 0 Å². The Kier molecular flexibility index (Phi) is 7.94. The second-order valence-corrected chi connectivity index (χ2v) is 12.4. The Morgan fingerprint density at radius 1 is 0.907 bits per heavy atom. The quantitative estimate of drug-likeness (QED) is 0.412. The van der Waals surface area contributed by atoms with E-state index in [1.54, 1.807) is 19.1 Å². The highest BCUT2D eigenvalue weighted by Gasteiger charge is 2.76. The number of hydrogen-bond acceptors (Lipinski definition) is 6. The minimum atomic E-state index is -1.20. The molecule has 2 aromatic carbocycles. The maximum Gasteiger partial charge on any atom is 0.246 e. The number of carbonyl (C=O) groups excluding carboxylic acids is 3. The zero-order valence-corrected chi connectivity index (χ0v) is 25.1. The molecule has 228 valence electrons. The molecule has 5 atom stereocenters. The van der Waals surface area contributed by atoms with Crippen LogP contribution >= 0.6 is 0 Å². The van der Waals surface area contributed by atoms with Crippen LogP contribution in [-0.2, 0) is 32.1 Å². The van der Waals surface area contributed by atoms with Gasteiger partial charge in [0.25, 0.3) is 0 Å². The molecule has 9 heteroatoms.